The maximum Gasteiger partial charge on any atom is 0.238 e. The lowest BCUT2D eigenvalue weighted by molar-refractivity contribution is -0.122. The van der Waals surface area contributed by atoms with Gasteiger partial charge < -0.3 is 10.2 Å². The predicted octanol–water partition coefficient (Wildman–Crippen LogP) is 6.93. The van der Waals surface area contributed by atoms with Gasteiger partial charge in [-0.1, -0.05) is 110 Å². The van der Waals surface area contributed by atoms with Crippen molar-refractivity contribution in [2.75, 3.05) is 5.32 Å². The van der Waals surface area contributed by atoms with E-state index in [1.165, 1.54) is 0 Å². The van der Waals surface area contributed by atoms with Crippen molar-refractivity contribution in [3.63, 3.8) is 0 Å². The second kappa shape index (κ2) is 9.95. The van der Waals surface area contributed by atoms with Crippen LogP contribution in [0.15, 0.2) is 103 Å². The first kappa shape index (κ1) is 26.1. The van der Waals surface area contributed by atoms with Crippen molar-refractivity contribution in [1.29, 1.82) is 0 Å². The van der Waals surface area contributed by atoms with Crippen molar-refractivity contribution in [2.24, 2.45) is 5.92 Å². The average molecular weight is 553 g/mol. The van der Waals surface area contributed by atoms with Gasteiger partial charge in [-0.15, -0.1) is 0 Å². The zero-order valence-corrected chi connectivity index (χ0v) is 23.7. The summed E-state index contributed by atoms with van der Waals surface area (Å²) in [7, 11) is 0. The van der Waals surface area contributed by atoms with E-state index in [1.54, 1.807) is 0 Å². The number of carbonyl (C=O) groups excluding carboxylic acids is 3. The van der Waals surface area contributed by atoms with Gasteiger partial charge in [0.2, 0.25) is 5.91 Å². The molecule has 7 rings (SSSR count). The molecule has 0 saturated carbocycles. The van der Waals surface area contributed by atoms with Crippen LogP contribution in [0.3, 0.4) is 0 Å². The second-order valence-electron chi connectivity index (χ2n) is 11.6. The Hall–Kier alpha value is -4.77. The molecule has 4 atom stereocenters. The molecule has 3 aliphatic heterocycles. The fraction of sp³-hybridized carbons (Fsp3) is 0.216. The number of ketones is 2. The van der Waals surface area contributed by atoms with Gasteiger partial charge in [0.15, 0.2) is 11.6 Å². The second-order valence-corrected chi connectivity index (χ2v) is 11.6. The zero-order valence-electron chi connectivity index (χ0n) is 23.7. The number of carbonyl (C=O) groups is 3. The maximum atomic E-state index is 14.9. The number of hydrogen-bond acceptors (Lipinski definition) is 4. The number of para-hydroxylation sites is 1. The summed E-state index contributed by atoms with van der Waals surface area (Å²) >= 11 is 0. The largest absolute Gasteiger partial charge is 0.358 e. The van der Waals surface area contributed by atoms with Crippen LogP contribution in [0.5, 0.6) is 0 Å². The molecule has 0 radical (unpaired) electrons. The van der Waals surface area contributed by atoms with Crippen molar-refractivity contribution >= 4 is 29.2 Å². The molecule has 4 aromatic rings. The summed E-state index contributed by atoms with van der Waals surface area (Å²) < 4.78 is 0. The summed E-state index contributed by atoms with van der Waals surface area (Å²) in [5, 5.41) is 3.11. The molecule has 42 heavy (non-hydrogen) atoms. The minimum atomic E-state index is -1.32. The molecule has 3 heterocycles. The highest BCUT2D eigenvalue weighted by Gasteiger charge is 2.70. The van der Waals surface area contributed by atoms with Crippen LogP contribution in [0, 0.1) is 12.8 Å². The molecule has 1 N–H and O–H groups in total. The van der Waals surface area contributed by atoms with Crippen molar-refractivity contribution in [1.82, 2.24) is 4.90 Å². The first-order valence-corrected chi connectivity index (χ1v) is 14.6. The smallest absolute Gasteiger partial charge is 0.238 e. The molecule has 1 fully saturated rings. The maximum absolute atomic E-state index is 14.9. The van der Waals surface area contributed by atoms with Crippen molar-refractivity contribution in [3.05, 3.63) is 142 Å². The first-order valence-electron chi connectivity index (χ1n) is 14.6. The monoisotopic (exact) mass is 552 g/mol. The highest BCUT2D eigenvalue weighted by atomic mass is 16.2. The third-order valence-corrected chi connectivity index (χ3v) is 9.23. The molecular formula is C37H32N2O3. The quantitative estimate of drug-likeness (QED) is 0.264. The van der Waals surface area contributed by atoms with Gasteiger partial charge in [0.25, 0.3) is 0 Å². The highest BCUT2D eigenvalue weighted by molar-refractivity contribution is 6.16. The molecule has 4 aromatic carbocycles. The molecule has 0 unspecified atom stereocenters. The Morgan fingerprint density at radius 2 is 1.50 bits per heavy atom. The van der Waals surface area contributed by atoms with Crippen LogP contribution in [0.4, 0.5) is 5.69 Å². The van der Waals surface area contributed by atoms with Crippen LogP contribution in [0.2, 0.25) is 0 Å². The van der Waals surface area contributed by atoms with E-state index < -0.39 is 23.4 Å². The SMILES string of the molecule is CCCc1ccc(C(=O)[C@H]2[C@@H](C(=O)c3ccc(C)cc3)N3C=Cc4ccccc4[C@@H]3[C@]23C(=O)Nc2ccccc23)cc1. The van der Waals surface area contributed by atoms with Crippen LogP contribution < -0.4 is 5.32 Å². The van der Waals surface area contributed by atoms with E-state index in [0.717, 1.165) is 40.7 Å². The number of aryl methyl sites for hydroxylation is 2. The van der Waals surface area contributed by atoms with E-state index in [2.05, 4.69) is 12.2 Å². The Kier molecular flexibility index (Phi) is 6.19. The number of Topliss-reactive ketones (excluding diaryl/α,β-unsaturated/α-hetero) is 2. The van der Waals surface area contributed by atoms with Gasteiger partial charge in [0.05, 0.1) is 12.0 Å². The van der Waals surface area contributed by atoms with Gasteiger partial charge in [-0.25, -0.2) is 0 Å². The van der Waals surface area contributed by atoms with Crippen LogP contribution in [-0.2, 0) is 16.6 Å². The lowest BCUT2D eigenvalue weighted by atomic mass is 9.62. The number of anilines is 1. The van der Waals surface area contributed by atoms with E-state index in [-0.39, 0.29) is 17.5 Å². The minimum Gasteiger partial charge on any atom is -0.358 e. The van der Waals surface area contributed by atoms with Crippen LogP contribution in [-0.4, -0.2) is 28.4 Å². The third-order valence-electron chi connectivity index (χ3n) is 9.23. The summed E-state index contributed by atoms with van der Waals surface area (Å²) in [5.74, 6) is -1.58. The number of nitrogens with zero attached hydrogens (tertiary/aromatic N) is 1. The molecular weight excluding hydrogens is 520 g/mol. The summed E-state index contributed by atoms with van der Waals surface area (Å²) in [6.45, 7) is 4.10. The summed E-state index contributed by atoms with van der Waals surface area (Å²) in [5.41, 5.74) is 5.28. The lowest BCUT2D eigenvalue weighted by Gasteiger charge is -2.38. The van der Waals surface area contributed by atoms with E-state index in [4.69, 9.17) is 0 Å². The Balaban J connectivity index is 1.50. The molecule has 5 heteroatoms. The molecule has 208 valence electrons. The van der Waals surface area contributed by atoms with Crippen LogP contribution in [0.1, 0.15) is 67.9 Å². The van der Waals surface area contributed by atoms with Gasteiger partial charge in [0, 0.05) is 23.0 Å². The highest BCUT2D eigenvalue weighted by Crippen LogP contribution is 2.62. The Morgan fingerprint density at radius 3 is 2.26 bits per heavy atom. The number of nitrogens with one attached hydrogen (secondary N) is 1. The van der Waals surface area contributed by atoms with E-state index in [0.29, 0.717) is 16.8 Å². The number of benzene rings is 4. The van der Waals surface area contributed by atoms with Crippen molar-refractivity contribution in [3.8, 4) is 0 Å². The molecule has 0 bridgehead atoms. The van der Waals surface area contributed by atoms with Gasteiger partial charge in [-0.2, -0.15) is 0 Å². The Bertz CT molecular complexity index is 1750. The average Bonchev–Trinajstić information content (AvgIpc) is 3.49. The molecule has 5 nitrogen and oxygen atoms in total. The zero-order chi connectivity index (χ0) is 29.0. The summed E-state index contributed by atoms with van der Waals surface area (Å²) in [4.78, 5) is 46.0. The standard InChI is InChI=1S/C37H32N2O3/c1-3-8-24-15-19-26(20-16-24)33(40)31-32(34(41)27-17-13-23(2)14-18-27)39-22-21-25-9-4-5-10-28(25)35(39)37(31)29-11-6-7-12-30(29)38-36(37)42/h4-7,9-22,31-32,35H,3,8H2,1-2H3,(H,38,42)/t31-,32+,35-,37-/m1/s1. The molecule has 0 aromatic heterocycles. The molecule has 1 amide bonds. The predicted molar refractivity (Wildman–Crippen MR) is 164 cm³/mol. The van der Waals surface area contributed by atoms with Gasteiger partial charge in [-0.3, -0.25) is 14.4 Å². The first-order chi connectivity index (χ1) is 20.4. The Morgan fingerprint density at radius 1 is 0.833 bits per heavy atom. The number of amides is 1. The number of rotatable bonds is 6. The molecule has 3 aliphatic rings. The van der Waals surface area contributed by atoms with Crippen LogP contribution >= 0.6 is 0 Å². The van der Waals surface area contributed by atoms with E-state index in [9.17, 15) is 14.4 Å². The number of hydrogen-bond donors (Lipinski definition) is 1. The molecule has 0 aliphatic carbocycles. The van der Waals surface area contributed by atoms with Crippen LogP contribution in [0.25, 0.3) is 6.08 Å². The van der Waals surface area contributed by atoms with Gasteiger partial charge in [0.1, 0.15) is 11.5 Å². The van der Waals surface area contributed by atoms with Crippen molar-refractivity contribution in [2.45, 2.75) is 44.2 Å². The van der Waals surface area contributed by atoms with Crippen molar-refractivity contribution < 1.29 is 14.4 Å². The van der Waals surface area contributed by atoms with Gasteiger partial charge in [-0.05, 0) is 47.7 Å². The minimum absolute atomic E-state index is 0.168. The molecule has 1 spiro atoms. The third kappa shape index (κ3) is 3.73. The summed E-state index contributed by atoms with van der Waals surface area (Å²) in [6, 6.07) is 29.3. The fourth-order valence-electron chi connectivity index (χ4n) is 7.36. The van der Waals surface area contributed by atoms with E-state index in [1.807, 2.05) is 121 Å². The van der Waals surface area contributed by atoms with E-state index >= 15 is 0 Å². The topological polar surface area (TPSA) is 66.5 Å². The lowest BCUT2D eigenvalue weighted by Crippen LogP contribution is -2.49. The Labute approximate surface area is 245 Å². The van der Waals surface area contributed by atoms with Gasteiger partial charge >= 0.3 is 0 Å². The number of fused-ring (bicyclic) bond motifs is 6. The normalized spacial score (nSPS) is 23.3. The summed E-state index contributed by atoms with van der Waals surface area (Å²) in [6.07, 6.45) is 5.83. The molecule has 1 saturated heterocycles. The fourth-order valence-corrected chi connectivity index (χ4v) is 7.36.